The minimum Gasteiger partial charge on any atom is -0.325 e. The van der Waals surface area contributed by atoms with Gasteiger partial charge in [0, 0.05) is 18.5 Å². The first kappa shape index (κ1) is 19.5. The summed E-state index contributed by atoms with van der Waals surface area (Å²) in [5, 5.41) is 5.41. The molecule has 2 N–H and O–H groups in total. The molecule has 0 radical (unpaired) electrons. The Morgan fingerprint density at radius 1 is 0.929 bits per heavy atom. The third-order valence-corrected chi connectivity index (χ3v) is 4.51. The van der Waals surface area contributed by atoms with Gasteiger partial charge in [-0.3, -0.25) is 0 Å². The van der Waals surface area contributed by atoms with Crippen molar-refractivity contribution in [3.63, 3.8) is 0 Å². The molecule has 28 heavy (non-hydrogen) atoms. The molecule has 0 saturated heterocycles. The lowest BCUT2D eigenvalue weighted by Crippen LogP contribution is -2.09. The number of hydrogen-bond acceptors (Lipinski definition) is 8. The van der Waals surface area contributed by atoms with Crippen LogP contribution in [0.4, 0.5) is 36.4 Å². The number of rotatable bonds is 5. The van der Waals surface area contributed by atoms with Gasteiger partial charge in [0.25, 0.3) is 0 Å². The molecule has 0 atom stereocenters. The third-order valence-electron chi connectivity index (χ3n) is 3.38. The Labute approximate surface area is 157 Å². The molecule has 0 fully saturated rings. The summed E-state index contributed by atoms with van der Waals surface area (Å²) in [6.07, 6.45) is -0.968. The van der Waals surface area contributed by atoms with Crippen molar-refractivity contribution in [2.75, 3.05) is 16.9 Å². The molecule has 3 rings (SSSR count). The van der Waals surface area contributed by atoms with E-state index < -0.39 is 21.7 Å². The Hall–Kier alpha value is -3.28. The van der Waals surface area contributed by atoms with Gasteiger partial charge in [0.1, 0.15) is 40.2 Å². The maximum absolute atomic E-state index is 12.8. The molecule has 0 aliphatic carbocycles. The molecule has 8 nitrogen and oxygen atoms in total. The largest absolute Gasteiger partial charge is 0.433 e. The first-order valence-electron chi connectivity index (χ1n) is 7.68. The minimum absolute atomic E-state index is 0.0253. The van der Waals surface area contributed by atoms with Crippen molar-refractivity contribution in [1.82, 2.24) is 19.9 Å². The van der Waals surface area contributed by atoms with Gasteiger partial charge in [-0.1, -0.05) is 6.07 Å². The van der Waals surface area contributed by atoms with Crippen molar-refractivity contribution in [1.29, 1.82) is 0 Å². The first-order valence-corrected chi connectivity index (χ1v) is 9.57. The van der Waals surface area contributed by atoms with E-state index in [0.717, 1.165) is 18.6 Å². The van der Waals surface area contributed by atoms with Crippen molar-refractivity contribution < 1.29 is 21.6 Å². The first-order chi connectivity index (χ1) is 13.1. The molecule has 3 aromatic rings. The fraction of sp³-hybridized carbons (Fsp3) is 0.125. The van der Waals surface area contributed by atoms with Crippen LogP contribution in [0.15, 0.2) is 53.8 Å². The van der Waals surface area contributed by atoms with Crippen LogP contribution in [-0.2, 0) is 16.0 Å². The molecule has 0 unspecified atom stereocenters. The van der Waals surface area contributed by atoms with Crippen LogP contribution in [0.25, 0.3) is 0 Å². The van der Waals surface area contributed by atoms with Crippen molar-refractivity contribution in [2.45, 2.75) is 11.1 Å². The topological polar surface area (TPSA) is 110 Å². The molecule has 3 heterocycles. The fourth-order valence-corrected chi connectivity index (χ4v) is 2.97. The smallest absolute Gasteiger partial charge is 0.325 e. The number of pyridine rings is 2. The summed E-state index contributed by atoms with van der Waals surface area (Å²) in [5.74, 6) is 0.343. The highest BCUT2D eigenvalue weighted by Gasteiger charge is 2.32. The third kappa shape index (κ3) is 4.71. The van der Waals surface area contributed by atoms with Crippen molar-refractivity contribution >= 4 is 33.1 Å². The Morgan fingerprint density at radius 3 is 2.32 bits per heavy atom. The van der Waals surface area contributed by atoms with Crippen LogP contribution in [0.2, 0.25) is 0 Å². The monoisotopic (exact) mass is 410 g/mol. The van der Waals surface area contributed by atoms with Crippen LogP contribution in [0.1, 0.15) is 5.69 Å². The van der Waals surface area contributed by atoms with Crippen LogP contribution in [0.3, 0.4) is 0 Å². The summed E-state index contributed by atoms with van der Waals surface area (Å²) in [6, 6.07) is 7.66. The Kier molecular flexibility index (Phi) is 5.14. The zero-order valence-electron chi connectivity index (χ0n) is 14.3. The van der Waals surface area contributed by atoms with E-state index in [2.05, 4.69) is 30.6 Å². The average molecular weight is 410 g/mol. The quantitative estimate of drug-likeness (QED) is 0.660. The van der Waals surface area contributed by atoms with E-state index in [4.69, 9.17) is 0 Å². The maximum atomic E-state index is 12.8. The lowest BCUT2D eigenvalue weighted by atomic mass is 10.3. The summed E-state index contributed by atoms with van der Waals surface area (Å²) in [4.78, 5) is 15.3. The molecular weight excluding hydrogens is 397 g/mol. The second-order valence-corrected chi connectivity index (χ2v) is 7.55. The number of nitrogens with zero attached hydrogens (tertiary/aromatic N) is 4. The van der Waals surface area contributed by atoms with Crippen LogP contribution in [-0.4, -0.2) is 34.6 Å². The molecule has 3 aromatic heterocycles. The van der Waals surface area contributed by atoms with Crippen molar-refractivity contribution in [3.05, 3.63) is 54.6 Å². The van der Waals surface area contributed by atoms with Crippen LogP contribution in [0.5, 0.6) is 0 Å². The van der Waals surface area contributed by atoms with Gasteiger partial charge in [-0.15, -0.1) is 0 Å². The van der Waals surface area contributed by atoms with E-state index >= 15 is 0 Å². The molecule has 0 bridgehead atoms. The Bertz CT molecular complexity index is 1110. The lowest BCUT2D eigenvalue weighted by Gasteiger charge is -2.11. The summed E-state index contributed by atoms with van der Waals surface area (Å²) in [5.41, 5.74) is -1.05. The predicted octanol–water partition coefficient (Wildman–Crippen LogP) is 3.18. The number of halogens is 3. The molecule has 0 amide bonds. The number of alkyl halides is 3. The van der Waals surface area contributed by atoms with Gasteiger partial charge in [-0.25, -0.2) is 28.4 Å². The predicted molar refractivity (Wildman–Crippen MR) is 95.2 cm³/mol. The lowest BCUT2D eigenvalue weighted by molar-refractivity contribution is -0.141. The van der Waals surface area contributed by atoms with Gasteiger partial charge < -0.3 is 10.6 Å². The van der Waals surface area contributed by atoms with Crippen molar-refractivity contribution in [3.8, 4) is 0 Å². The van der Waals surface area contributed by atoms with Gasteiger partial charge in [0.15, 0.2) is 9.84 Å². The van der Waals surface area contributed by atoms with Crippen LogP contribution < -0.4 is 10.6 Å². The molecule has 0 aliphatic rings. The van der Waals surface area contributed by atoms with Crippen LogP contribution >= 0.6 is 0 Å². The van der Waals surface area contributed by atoms with E-state index in [1.165, 1.54) is 36.5 Å². The molecule has 0 aliphatic heterocycles. The molecule has 146 valence electrons. The SMILES string of the molecule is CS(=O)(=O)c1cccnc1Nc1cc(Nc2cccc(C(F)(F)F)n2)ncn1. The summed E-state index contributed by atoms with van der Waals surface area (Å²) < 4.78 is 62.0. The maximum Gasteiger partial charge on any atom is 0.433 e. The second-order valence-electron chi connectivity index (χ2n) is 5.57. The highest BCUT2D eigenvalue weighted by molar-refractivity contribution is 7.90. The average Bonchev–Trinajstić information content (AvgIpc) is 2.61. The van der Waals surface area contributed by atoms with E-state index in [1.807, 2.05) is 0 Å². The Morgan fingerprint density at radius 2 is 1.64 bits per heavy atom. The van der Waals surface area contributed by atoms with E-state index in [1.54, 1.807) is 0 Å². The highest BCUT2D eigenvalue weighted by atomic mass is 32.2. The number of nitrogens with one attached hydrogen (secondary N) is 2. The standard InChI is InChI=1S/C16H13F3N6O2S/c1-28(26,27)10-4-3-7-20-15(10)25-14-8-13(21-9-22-14)24-12-6-2-5-11(23-12)16(17,18)19/h2-9H,1H3,(H2,20,21,22,23,24,25). The summed E-state index contributed by atoms with van der Waals surface area (Å²) in [6.45, 7) is 0. The molecule has 0 aromatic carbocycles. The summed E-state index contributed by atoms with van der Waals surface area (Å²) >= 11 is 0. The fourth-order valence-electron chi connectivity index (χ4n) is 2.19. The van der Waals surface area contributed by atoms with E-state index in [-0.39, 0.29) is 28.2 Å². The number of anilines is 4. The van der Waals surface area contributed by atoms with Gasteiger partial charge in [-0.05, 0) is 24.3 Å². The number of aromatic nitrogens is 4. The van der Waals surface area contributed by atoms with E-state index in [0.29, 0.717) is 0 Å². The van der Waals surface area contributed by atoms with Gasteiger partial charge in [0.05, 0.1) is 0 Å². The Balaban J connectivity index is 1.85. The zero-order chi connectivity index (χ0) is 20.4. The molecular formula is C16H13F3N6O2S. The second kappa shape index (κ2) is 7.38. The molecule has 12 heteroatoms. The zero-order valence-corrected chi connectivity index (χ0v) is 15.1. The molecule has 0 saturated carbocycles. The highest BCUT2D eigenvalue weighted by Crippen LogP contribution is 2.29. The number of sulfone groups is 1. The van der Waals surface area contributed by atoms with Gasteiger partial charge >= 0.3 is 6.18 Å². The summed E-state index contributed by atoms with van der Waals surface area (Å²) in [7, 11) is -3.53. The molecule has 0 spiro atoms. The van der Waals surface area contributed by atoms with Gasteiger partial charge in [-0.2, -0.15) is 13.2 Å². The minimum atomic E-state index is -4.57. The normalized spacial score (nSPS) is 11.9. The van der Waals surface area contributed by atoms with Crippen molar-refractivity contribution in [2.24, 2.45) is 0 Å². The van der Waals surface area contributed by atoms with E-state index in [9.17, 15) is 21.6 Å². The van der Waals surface area contributed by atoms with Crippen LogP contribution in [0, 0.1) is 0 Å². The number of hydrogen-bond donors (Lipinski definition) is 2. The van der Waals surface area contributed by atoms with Gasteiger partial charge in [0.2, 0.25) is 0 Å².